The molecular formula is C36H49BrN2O3. The summed E-state index contributed by atoms with van der Waals surface area (Å²) in [6.45, 7) is 20.8. The maximum atomic E-state index is 12.3. The molecule has 3 aromatic rings. The van der Waals surface area contributed by atoms with Crippen molar-refractivity contribution in [1.82, 2.24) is 4.98 Å². The molecule has 2 bridgehead atoms. The molecule has 6 rings (SSSR count). The summed E-state index contributed by atoms with van der Waals surface area (Å²) >= 11 is 0. The van der Waals surface area contributed by atoms with Gasteiger partial charge in [-0.1, -0.05) is 47.6 Å². The number of halogens is 1. The molecule has 42 heavy (non-hydrogen) atoms. The Morgan fingerprint density at radius 2 is 1.69 bits per heavy atom. The Morgan fingerprint density at radius 1 is 1.02 bits per heavy atom. The van der Waals surface area contributed by atoms with Gasteiger partial charge in [0.05, 0.1) is 32.8 Å². The number of quaternary nitrogens is 1. The normalized spacial score (nSPS) is 24.6. The van der Waals surface area contributed by atoms with E-state index in [0.29, 0.717) is 11.8 Å². The topological polar surface area (TPSA) is 51.6 Å². The smallest absolute Gasteiger partial charge is 0.131 e. The second kappa shape index (κ2) is 11.9. The maximum Gasteiger partial charge on any atom is 0.131 e. The van der Waals surface area contributed by atoms with Crippen LogP contribution in [-0.2, 0) is 17.4 Å². The molecule has 5 atom stereocenters. The number of rotatable bonds is 7. The van der Waals surface area contributed by atoms with E-state index in [1.54, 1.807) is 14.2 Å². The molecule has 0 unspecified atom stereocenters. The first-order valence-electron chi connectivity index (χ1n) is 15.1. The minimum atomic E-state index is -0.608. The predicted molar refractivity (Wildman–Crippen MR) is 168 cm³/mol. The summed E-state index contributed by atoms with van der Waals surface area (Å²) in [4.78, 5) is 4.59. The lowest BCUT2D eigenvalue weighted by molar-refractivity contribution is -0.984. The van der Waals surface area contributed by atoms with Crippen LogP contribution in [0, 0.1) is 11.8 Å². The summed E-state index contributed by atoms with van der Waals surface area (Å²) in [6, 6.07) is 12.8. The molecule has 1 aromatic heterocycles. The number of fused-ring (bicyclic) bond motifs is 4. The molecule has 2 aromatic carbocycles. The van der Waals surface area contributed by atoms with Crippen molar-refractivity contribution >= 4 is 10.9 Å². The zero-order valence-electron chi connectivity index (χ0n) is 26.7. The molecule has 0 spiro atoms. The third-order valence-electron chi connectivity index (χ3n) is 9.81. The van der Waals surface area contributed by atoms with Crippen molar-refractivity contribution < 1.29 is 36.0 Å². The molecular weight excluding hydrogens is 588 g/mol. The second-order valence-electron chi connectivity index (χ2n) is 14.5. The Bertz CT molecular complexity index is 1400. The monoisotopic (exact) mass is 636 g/mol. The standard InChI is InChI=1S/C36H49N2O3.BrH/c1-10-24-22-38(21-23-17-29(35(2,3)4)34(41-9)30(18-23)36(5,6)7)16-14-25(24)19-32(38)33(39)27-13-15-37-31-12-11-26(40-8)20-28(27)31;/h10-13,15,17-18,20,24-25,32-33,39H,1,14,16,19,21-22H2,2-9H3;1H/q+1;/p-1/t24-,25-,32+,33-,38+;/m0./s1. The number of benzene rings is 2. The van der Waals surface area contributed by atoms with Crippen LogP contribution in [0.15, 0.2) is 55.3 Å². The average Bonchev–Trinajstić information content (AvgIpc) is 2.94. The highest BCUT2D eigenvalue weighted by atomic mass is 79.9. The number of hydrogen-bond acceptors (Lipinski definition) is 4. The lowest BCUT2D eigenvalue weighted by Crippen LogP contribution is -3.00. The molecule has 3 aliphatic rings. The van der Waals surface area contributed by atoms with Crippen LogP contribution in [0.1, 0.15) is 82.7 Å². The van der Waals surface area contributed by atoms with E-state index in [1.165, 1.54) is 23.1 Å². The zero-order valence-corrected chi connectivity index (χ0v) is 28.3. The third-order valence-corrected chi connectivity index (χ3v) is 9.81. The number of methoxy groups -OCH3 is 2. The molecule has 3 fully saturated rings. The van der Waals surface area contributed by atoms with Crippen molar-refractivity contribution in [1.29, 1.82) is 0 Å². The van der Waals surface area contributed by atoms with E-state index in [2.05, 4.69) is 71.3 Å². The zero-order chi connectivity index (χ0) is 29.7. The van der Waals surface area contributed by atoms with Gasteiger partial charge in [-0.15, -0.1) is 6.58 Å². The fourth-order valence-electron chi connectivity index (χ4n) is 7.60. The number of nitrogens with zero attached hydrogens (tertiary/aromatic N) is 2. The lowest BCUT2D eigenvalue weighted by atomic mass is 9.70. The van der Waals surface area contributed by atoms with Crippen LogP contribution in [-0.4, -0.2) is 47.9 Å². The predicted octanol–water partition coefficient (Wildman–Crippen LogP) is 4.50. The summed E-state index contributed by atoms with van der Waals surface area (Å²) in [5, 5.41) is 13.2. The van der Waals surface area contributed by atoms with Gasteiger partial charge in [0.2, 0.25) is 0 Å². The van der Waals surface area contributed by atoms with Gasteiger partial charge in [0, 0.05) is 47.0 Å². The van der Waals surface area contributed by atoms with Crippen LogP contribution in [0.4, 0.5) is 0 Å². The highest BCUT2D eigenvalue weighted by molar-refractivity contribution is 5.84. The minimum absolute atomic E-state index is 0. The molecule has 0 radical (unpaired) electrons. The van der Waals surface area contributed by atoms with Gasteiger partial charge in [0.25, 0.3) is 0 Å². The van der Waals surface area contributed by atoms with Gasteiger partial charge in [-0.05, 0) is 58.7 Å². The third kappa shape index (κ3) is 5.87. The van der Waals surface area contributed by atoms with E-state index in [-0.39, 0.29) is 33.9 Å². The summed E-state index contributed by atoms with van der Waals surface area (Å²) in [5.41, 5.74) is 5.52. The largest absolute Gasteiger partial charge is 1.00 e. The molecule has 3 aliphatic heterocycles. The van der Waals surface area contributed by atoms with E-state index in [4.69, 9.17) is 9.47 Å². The molecule has 3 saturated heterocycles. The maximum absolute atomic E-state index is 12.3. The first-order valence-corrected chi connectivity index (χ1v) is 15.1. The molecule has 0 amide bonds. The van der Waals surface area contributed by atoms with Crippen LogP contribution in [0.2, 0.25) is 0 Å². The molecule has 228 valence electrons. The van der Waals surface area contributed by atoms with E-state index < -0.39 is 6.10 Å². The summed E-state index contributed by atoms with van der Waals surface area (Å²) in [5.74, 6) is 2.80. The molecule has 0 saturated carbocycles. The fraction of sp³-hybridized carbons (Fsp3) is 0.528. The average molecular weight is 638 g/mol. The van der Waals surface area contributed by atoms with Crippen LogP contribution >= 0.6 is 0 Å². The van der Waals surface area contributed by atoms with Crippen LogP contribution in [0.3, 0.4) is 0 Å². The minimum Gasteiger partial charge on any atom is -1.00 e. The highest BCUT2D eigenvalue weighted by Crippen LogP contribution is 2.49. The number of pyridine rings is 1. The van der Waals surface area contributed by atoms with Crippen molar-refractivity contribution in [2.75, 3.05) is 27.3 Å². The number of aromatic nitrogens is 1. The highest BCUT2D eigenvalue weighted by Gasteiger charge is 2.54. The van der Waals surface area contributed by atoms with Crippen LogP contribution in [0.25, 0.3) is 10.9 Å². The summed E-state index contributed by atoms with van der Waals surface area (Å²) in [7, 11) is 3.48. The number of aliphatic hydroxyl groups excluding tert-OH is 1. The molecule has 4 heterocycles. The van der Waals surface area contributed by atoms with Gasteiger partial charge >= 0.3 is 0 Å². The lowest BCUT2D eigenvalue weighted by Gasteiger charge is -2.58. The summed E-state index contributed by atoms with van der Waals surface area (Å²) in [6.07, 6.45) is 5.54. The van der Waals surface area contributed by atoms with Gasteiger partial charge in [-0.25, -0.2) is 0 Å². The first kappa shape index (κ1) is 32.5. The van der Waals surface area contributed by atoms with Crippen LogP contribution < -0.4 is 26.5 Å². The van der Waals surface area contributed by atoms with Crippen molar-refractivity contribution in [2.24, 2.45) is 11.8 Å². The van der Waals surface area contributed by atoms with Crippen molar-refractivity contribution in [3.63, 3.8) is 0 Å². The van der Waals surface area contributed by atoms with E-state index in [1.807, 2.05) is 30.5 Å². The number of ether oxygens (including phenoxy) is 2. The molecule has 0 aliphatic carbocycles. The molecule has 6 heteroatoms. The van der Waals surface area contributed by atoms with Gasteiger partial charge in [-0.2, -0.15) is 0 Å². The van der Waals surface area contributed by atoms with E-state index in [9.17, 15) is 5.11 Å². The van der Waals surface area contributed by atoms with Crippen molar-refractivity contribution in [3.8, 4) is 11.5 Å². The van der Waals surface area contributed by atoms with Gasteiger partial charge < -0.3 is 36.0 Å². The van der Waals surface area contributed by atoms with Gasteiger partial charge in [0.15, 0.2) is 0 Å². The Hall–Kier alpha value is -2.41. The summed E-state index contributed by atoms with van der Waals surface area (Å²) < 4.78 is 12.5. The van der Waals surface area contributed by atoms with Gasteiger partial charge in [-0.3, -0.25) is 4.98 Å². The van der Waals surface area contributed by atoms with Crippen molar-refractivity contribution in [2.45, 2.75) is 83.9 Å². The number of aliphatic hydroxyl groups is 1. The Morgan fingerprint density at radius 3 is 2.26 bits per heavy atom. The number of piperidine rings is 3. The quantitative estimate of drug-likeness (QED) is 0.307. The first-order chi connectivity index (χ1) is 19.3. The molecule has 1 N–H and O–H groups in total. The van der Waals surface area contributed by atoms with Gasteiger partial charge in [0.1, 0.15) is 30.2 Å². The number of hydrogen-bond donors (Lipinski definition) is 1. The van der Waals surface area contributed by atoms with Crippen LogP contribution in [0.5, 0.6) is 11.5 Å². The van der Waals surface area contributed by atoms with Crippen molar-refractivity contribution in [3.05, 3.63) is 77.5 Å². The Labute approximate surface area is 263 Å². The fourth-order valence-corrected chi connectivity index (χ4v) is 7.60. The second-order valence-corrected chi connectivity index (χ2v) is 14.5. The SMILES string of the molecule is C=C[C@H]1C[N@+]2(Cc3cc(C(C)(C)C)c(OC)c(C(C)(C)C)c3)CC[C@H]1C[C@@H]2[C@@H](O)c1ccnc2ccc(OC)cc12.[Br-]. The van der Waals surface area contributed by atoms with E-state index >= 15 is 0 Å². The van der Waals surface area contributed by atoms with E-state index in [0.717, 1.165) is 58.5 Å². The molecule has 5 nitrogen and oxygen atoms in total. The Balaban J connectivity index is 0.00000405. The Kier molecular flexibility index (Phi) is 9.24.